The van der Waals surface area contributed by atoms with Crippen LogP contribution in [0.15, 0.2) is 199 Å². The quantitative estimate of drug-likeness (QED) is 0.177. The summed E-state index contributed by atoms with van der Waals surface area (Å²) in [6.45, 7) is 0. The van der Waals surface area contributed by atoms with E-state index < -0.39 is 0 Å². The van der Waals surface area contributed by atoms with Gasteiger partial charge < -0.3 is 13.6 Å². The van der Waals surface area contributed by atoms with E-state index in [0.717, 1.165) is 83.5 Å². The molecule has 4 heterocycles. The molecule has 0 atom stereocenters. The Balaban J connectivity index is 1.19. The molecule has 0 bridgehead atoms. The van der Waals surface area contributed by atoms with Gasteiger partial charge in [-0.3, -0.25) is 0 Å². The fourth-order valence-electron chi connectivity index (χ4n) is 8.85. The number of benzene rings is 8. The summed E-state index contributed by atoms with van der Waals surface area (Å²) in [6.07, 6.45) is 0. The number of hydrogen-bond acceptors (Lipinski definition) is 3. The zero-order chi connectivity index (χ0) is 37.5. The van der Waals surface area contributed by atoms with Gasteiger partial charge in [-0.15, -0.1) is 0 Å². The molecule has 0 saturated carbocycles. The van der Waals surface area contributed by atoms with Crippen LogP contribution < -0.4 is 0 Å². The monoisotopic (exact) mass is 728 g/mol. The van der Waals surface area contributed by atoms with Gasteiger partial charge in [0.2, 0.25) is 0 Å². The van der Waals surface area contributed by atoms with E-state index in [2.05, 4.69) is 185 Å². The smallest absolute Gasteiger partial charge is 0.160 e. The SMILES string of the molecule is c1ccc(-c2cc(-c3ccccc3)nc(-c3cccc(-n4c5ccccc5c5ccc6c(c7c8c(ccc7n6-c6ccccc6)oc6ccccc68)c54)c3)n2)cc1. The minimum absolute atomic E-state index is 0.676. The van der Waals surface area contributed by atoms with Crippen molar-refractivity contribution in [2.24, 2.45) is 0 Å². The molecule has 0 aliphatic heterocycles. The Morgan fingerprint density at radius 3 is 1.70 bits per heavy atom. The second-order valence-electron chi connectivity index (χ2n) is 14.6. The van der Waals surface area contributed by atoms with Crippen LogP contribution in [0.25, 0.3) is 111 Å². The zero-order valence-electron chi connectivity index (χ0n) is 30.7. The van der Waals surface area contributed by atoms with Gasteiger partial charge >= 0.3 is 0 Å². The van der Waals surface area contributed by atoms with Crippen molar-refractivity contribution in [1.29, 1.82) is 0 Å². The summed E-state index contributed by atoms with van der Waals surface area (Å²) in [7, 11) is 0. The van der Waals surface area contributed by atoms with Crippen LogP contribution in [0.5, 0.6) is 0 Å². The predicted octanol–water partition coefficient (Wildman–Crippen LogP) is 13.6. The molecule has 0 saturated heterocycles. The predicted molar refractivity (Wildman–Crippen MR) is 234 cm³/mol. The maximum absolute atomic E-state index is 6.53. The molecule has 5 heteroatoms. The van der Waals surface area contributed by atoms with Gasteiger partial charge in [-0.25, -0.2) is 9.97 Å². The first kappa shape index (κ1) is 31.6. The Morgan fingerprint density at radius 2 is 0.947 bits per heavy atom. The van der Waals surface area contributed by atoms with Crippen molar-refractivity contribution >= 4 is 65.6 Å². The molecule has 8 aromatic carbocycles. The van der Waals surface area contributed by atoms with E-state index in [4.69, 9.17) is 14.4 Å². The second-order valence-corrected chi connectivity index (χ2v) is 14.6. The topological polar surface area (TPSA) is 48.8 Å². The number of aromatic nitrogens is 4. The molecule has 0 aliphatic carbocycles. The Morgan fingerprint density at radius 1 is 0.351 bits per heavy atom. The number of hydrogen-bond donors (Lipinski definition) is 0. The lowest BCUT2D eigenvalue weighted by molar-refractivity contribution is 0.669. The van der Waals surface area contributed by atoms with Crippen LogP contribution in [0.4, 0.5) is 0 Å². The van der Waals surface area contributed by atoms with E-state index in [1.165, 1.54) is 21.5 Å². The molecule has 0 spiro atoms. The number of furan rings is 1. The average Bonchev–Trinajstić information content (AvgIpc) is 3.95. The first-order valence-corrected chi connectivity index (χ1v) is 19.3. The Kier molecular flexibility index (Phi) is 6.86. The van der Waals surface area contributed by atoms with Gasteiger partial charge in [0.25, 0.3) is 0 Å². The van der Waals surface area contributed by atoms with Crippen molar-refractivity contribution in [3.05, 3.63) is 194 Å². The van der Waals surface area contributed by atoms with Crippen LogP contribution in [0.3, 0.4) is 0 Å². The molecule has 266 valence electrons. The molecule has 5 nitrogen and oxygen atoms in total. The summed E-state index contributed by atoms with van der Waals surface area (Å²) >= 11 is 0. The van der Waals surface area contributed by atoms with Crippen LogP contribution in [-0.4, -0.2) is 19.1 Å². The van der Waals surface area contributed by atoms with Crippen LogP contribution in [0.1, 0.15) is 0 Å². The summed E-state index contributed by atoms with van der Waals surface area (Å²) in [5.41, 5.74) is 13.2. The number of para-hydroxylation sites is 3. The minimum Gasteiger partial charge on any atom is -0.456 e. The molecule has 0 radical (unpaired) electrons. The molecule has 0 amide bonds. The third-order valence-electron chi connectivity index (χ3n) is 11.3. The fraction of sp³-hybridized carbons (Fsp3) is 0. The highest BCUT2D eigenvalue weighted by molar-refractivity contribution is 6.34. The standard InChI is InChI=1S/C52H32N4O/c1-4-15-33(16-5-1)41-32-42(34-17-6-2-7-18-34)54-52(53-41)35-19-14-22-37(31-35)56-43-25-12-10-23-38(43)39-27-28-45-50(51(39)56)49-44(55(45)36-20-8-3-9-21-36)29-30-47-48(49)40-24-11-13-26-46(40)57-47/h1-32H. The van der Waals surface area contributed by atoms with E-state index in [0.29, 0.717) is 5.82 Å². The normalized spacial score (nSPS) is 11.9. The van der Waals surface area contributed by atoms with E-state index in [1.54, 1.807) is 0 Å². The van der Waals surface area contributed by atoms with Crippen LogP contribution in [0.2, 0.25) is 0 Å². The van der Waals surface area contributed by atoms with Crippen molar-refractivity contribution in [3.63, 3.8) is 0 Å². The summed E-state index contributed by atoms with van der Waals surface area (Å²) in [6, 6.07) is 68.2. The first-order valence-electron chi connectivity index (χ1n) is 19.3. The lowest BCUT2D eigenvalue weighted by Gasteiger charge is -2.13. The summed E-state index contributed by atoms with van der Waals surface area (Å²) in [4.78, 5) is 10.4. The molecule has 0 fully saturated rings. The van der Waals surface area contributed by atoms with E-state index in [1.807, 2.05) is 18.2 Å². The summed E-state index contributed by atoms with van der Waals surface area (Å²) in [5, 5.41) is 6.97. The molecule has 0 N–H and O–H groups in total. The molecular weight excluding hydrogens is 697 g/mol. The Hall–Kier alpha value is -7.76. The highest BCUT2D eigenvalue weighted by Gasteiger charge is 2.24. The van der Waals surface area contributed by atoms with Crippen molar-refractivity contribution in [2.75, 3.05) is 0 Å². The van der Waals surface area contributed by atoms with Gasteiger partial charge in [-0.05, 0) is 60.7 Å². The van der Waals surface area contributed by atoms with Gasteiger partial charge in [-0.1, -0.05) is 133 Å². The molecule has 4 aromatic heterocycles. The van der Waals surface area contributed by atoms with Crippen LogP contribution in [0, 0.1) is 0 Å². The lowest BCUT2D eigenvalue weighted by Crippen LogP contribution is -1.98. The first-order chi connectivity index (χ1) is 28.3. The van der Waals surface area contributed by atoms with Crippen molar-refractivity contribution in [1.82, 2.24) is 19.1 Å². The van der Waals surface area contributed by atoms with E-state index >= 15 is 0 Å². The van der Waals surface area contributed by atoms with Gasteiger partial charge in [0.15, 0.2) is 5.82 Å². The van der Waals surface area contributed by atoms with Crippen molar-refractivity contribution < 1.29 is 4.42 Å². The highest BCUT2D eigenvalue weighted by Crippen LogP contribution is 2.46. The van der Waals surface area contributed by atoms with Crippen molar-refractivity contribution in [2.45, 2.75) is 0 Å². The van der Waals surface area contributed by atoms with Gasteiger partial charge in [-0.2, -0.15) is 0 Å². The maximum atomic E-state index is 6.53. The van der Waals surface area contributed by atoms with Gasteiger partial charge in [0.1, 0.15) is 11.2 Å². The highest BCUT2D eigenvalue weighted by atomic mass is 16.3. The largest absolute Gasteiger partial charge is 0.456 e. The van der Waals surface area contributed by atoms with Gasteiger partial charge in [0.05, 0.1) is 33.5 Å². The summed E-state index contributed by atoms with van der Waals surface area (Å²) in [5.74, 6) is 0.676. The van der Waals surface area contributed by atoms with Crippen molar-refractivity contribution in [3.8, 4) is 45.3 Å². The van der Waals surface area contributed by atoms with Gasteiger partial charge in [0, 0.05) is 60.4 Å². The second kappa shape index (κ2) is 12.4. The fourth-order valence-corrected chi connectivity index (χ4v) is 8.85. The Labute approximate surface area is 327 Å². The maximum Gasteiger partial charge on any atom is 0.160 e. The van der Waals surface area contributed by atoms with E-state index in [-0.39, 0.29) is 0 Å². The number of rotatable bonds is 5. The number of nitrogens with zero attached hydrogens (tertiary/aromatic N) is 4. The molecule has 12 rings (SSSR count). The third-order valence-corrected chi connectivity index (χ3v) is 11.3. The zero-order valence-corrected chi connectivity index (χ0v) is 30.7. The molecular formula is C52H32N4O. The van der Waals surface area contributed by atoms with Crippen LogP contribution in [-0.2, 0) is 0 Å². The molecule has 57 heavy (non-hydrogen) atoms. The summed E-state index contributed by atoms with van der Waals surface area (Å²) < 4.78 is 11.4. The lowest BCUT2D eigenvalue weighted by atomic mass is 10.0. The molecule has 0 aliphatic rings. The van der Waals surface area contributed by atoms with Crippen LogP contribution >= 0.6 is 0 Å². The molecule has 0 unspecified atom stereocenters. The minimum atomic E-state index is 0.676. The molecule has 12 aromatic rings. The third kappa shape index (κ3) is 4.82. The number of fused-ring (bicyclic) bond motifs is 11. The average molecular weight is 729 g/mol. The van der Waals surface area contributed by atoms with E-state index in [9.17, 15) is 0 Å². The Bertz CT molecular complexity index is 3450.